The molecule has 1 unspecified atom stereocenters. The Morgan fingerprint density at radius 1 is 1.00 bits per heavy atom. The summed E-state index contributed by atoms with van der Waals surface area (Å²) in [5, 5.41) is 2.23. The van der Waals surface area contributed by atoms with E-state index in [0.717, 1.165) is 28.8 Å². The number of hydrogen-bond acceptors (Lipinski definition) is 1. The Bertz CT molecular complexity index is 1070. The van der Waals surface area contributed by atoms with Crippen molar-refractivity contribution < 1.29 is 26.7 Å². The second-order valence-corrected chi connectivity index (χ2v) is 7.42. The first-order valence-electron chi connectivity index (χ1n) is 9.53. The first-order valence-corrected chi connectivity index (χ1v) is 9.53. The summed E-state index contributed by atoms with van der Waals surface area (Å²) < 4.78 is 69.5. The minimum atomic E-state index is -5.14. The second-order valence-electron chi connectivity index (χ2n) is 7.42. The number of benzene rings is 3. The highest BCUT2D eigenvalue weighted by Gasteiger charge is 2.36. The molecule has 3 aromatic carbocycles. The van der Waals surface area contributed by atoms with Crippen LogP contribution in [0.2, 0.25) is 0 Å². The third kappa shape index (κ3) is 3.93. The molecule has 1 aliphatic rings. The fraction of sp³-hybridized carbons (Fsp3) is 0.304. The summed E-state index contributed by atoms with van der Waals surface area (Å²) in [5.41, 5.74) is 2.81. The molecule has 0 heterocycles. The number of ether oxygens (including phenoxy) is 1. The van der Waals surface area contributed by atoms with Crippen LogP contribution >= 0.6 is 0 Å². The molecule has 0 aliphatic heterocycles. The van der Waals surface area contributed by atoms with Crippen molar-refractivity contribution in [1.29, 1.82) is 0 Å². The van der Waals surface area contributed by atoms with Gasteiger partial charge in [0.2, 0.25) is 5.75 Å². The van der Waals surface area contributed by atoms with Gasteiger partial charge < -0.3 is 4.74 Å². The van der Waals surface area contributed by atoms with Crippen LogP contribution in [0, 0.1) is 11.6 Å². The van der Waals surface area contributed by atoms with Crippen molar-refractivity contribution in [2.75, 3.05) is 0 Å². The summed E-state index contributed by atoms with van der Waals surface area (Å²) in [6.45, 7) is 2.10. The van der Waals surface area contributed by atoms with Crippen LogP contribution in [0.1, 0.15) is 41.5 Å². The highest BCUT2D eigenvalue weighted by Crippen LogP contribution is 2.39. The van der Waals surface area contributed by atoms with Gasteiger partial charge in [0, 0.05) is 0 Å². The summed E-state index contributed by atoms with van der Waals surface area (Å²) in [6, 6.07) is 13.4. The molecule has 0 saturated heterocycles. The zero-order valence-electron chi connectivity index (χ0n) is 15.7. The maximum atomic E-state index is 14.5. The first-order chi connectivity index (χ1) is 13.7. The van der Waals surface area contributed by atoms with E-state index in [4.69, 9.17) is 0 Å². The molecule has 0 saturated carbocycles. The van der Waals surface area contributed by atoms with E-state index in [1.165, 1.54) is 5.56 Å². The van der Waals surface area contributed by atoms with Gasteiger partial charge in [-0.1, -0.05) is 43.3 Å². The number of alkyl halides is 3. The van der Waals surface area contributed by atoms with Crippen molar-refractivity contribution in [2.24, 2.45) is 0 Å². The molecule has 0 fully saturated rings. The van der Waals surface area contributed by atoms with Crippen molar-refractivity contribution >= 4 is 10.8 Å². The first kappa shape index (κ1) is 19.7. The van der Waals surface area contributed by atoms with Gasteiger partial charge >= 0.3 is 6.36 Å². The number of halogens is 5. The summed E-state index contributed by atoms with van der Waals surface area (Å²) in [5.74, 6) is -3.90. The van der Waals surface area contributed by atoms with E-state index in [1.807, 2.05) is 12.1 Å². The number of fused-ring (bicyclic) bond motifs is 2. The van der Waals surface area contributed by atoms with Gasteiger partial charge in [0.1, 0.15) is 0 Å². The standard InChI is InChI=1S/C23H19F5O/c1-2-13-3-4-15-10-16(6-5-14(15)9-13)17-7-8-19-18(11-17)12-20(24)22(21(19)25)29-23(26,27)28/h3-6,9-10,12,17H,2,7-8,11H2,1H3. The monoisotopic (exact) mass is 406 g/mol. The average molecular weight is 406 g/mol. The fourth-order valence-corrected chi connectivity index (χ4v) is 4.11. The van der Waals surface area contributed by atoms with E-state index in [-0.39, 0.29) is 17.9 Å². The molecular weight excluding hydrogens is 387 g/mol. The van der Waals surface area contributed by atoms with Gasteiger partial charge in [0.15, 0.2) is 11.6 Å². The molecule has 3 aromatic rings. The lowest BCUT2D eigenvalue weighted by atomic mass is 9.79. The normalized spacial score (nSPS) is 16.7. The Hall–Kier alpha value is -2.63. The van der Waals surface area contributed by atoms with Gasteiger partial charge in [-0.25, -0.2) is 8.78 Å². The van der Waals surface area contributed by atoms with Crippen LogP contribution in [0.25, 0.3) is 10.8 Å². The van der Waals surface area contributed by atoms with Crippen LogP contribution in [0.5, 0.6) is 5.75 Å². The Morgan fingerprint density at radius 2 is 1.72 bits per heavy atom. The number of aryl methyl sites for hydroxylation is 1. The van der Waals surface area contributed by atoms with Crippen molar-refractivity contribution in [3.05, 3.63) is 76.4 Å². The van der Waals surface area contributed by atoms with Gasteiger partial charge in [-0.15, -0.1) is 13.2 Å². The molecule has 0 N–H and O–H groups in total. The molecule has 152 valence electrons. The zero-order valence-corrected chi connectivity index (χ0v) is 15.7. The van der Waals surface area contributed by atoms with E-state index in [2.05, 4.69) is 35.9 Å². The maximum absolute atomic E-state index is 14.5. The number of hydrogen-bond donors (Lipinski definition) is 0. The second kappa shape index (κ2) is 7.32. The summed E-state index contributed by atoms with van der Waals surface area (Å²) in [4.78, 5) is 0. The Morgan fingerprint density at radius 3 is 2.45 bits per heavy atom. The highest BCUT2D eigenvalue weighted by molar-refractivity contribution is 5.84. The SMILES string of the molecule is CCc1ccc2cc(C3CCc4c(cc(F)c(OC(F)(F)F)c4F)C3)ccc2c1. The van der Waals surface area contributed by atoms with Gasteiger partial charge in [0.05, 0.1) is 0 Å². The fourth-order valence-electron chi connectivity index (χ4n) is 4.11. The summed E-state index contributed by atoms with van der Waals surface area (Å²) >= 11 is 0. The van der Waals surface area contributed by atoms with Crippen LogP contribution in [0.3, 0.4) is 0 Å². The van der Waals surface area contributed by atoms with Crippen LogP contribution in [-0.2, 0) is 19.3 Å². The maximum Gasteiger partial charge on any atom is 0.573 e. The summed E-state index contributed by atoms with van der Waals surface area (Å²) in [7, 11) is 0. The van der Waals surface area contributed by atoms with Crippen molar-refractivity contribution in [2.45, 2.75) is 44.9 Å². The van der Waals surface area contributed by atoms with E-state index < -0.39 is 23.7 Å². The predicted molar refractivity (Wildman–Crippen MR) is 101 cm³/mol. The third-order valence-corrected chi connectivity index (χ3v) is 5.61. The van der Waals surface area contributed by atoms with E-state index >= 15 is 0 Å². The van der Waals surface area contributed by atoms with Gasteiger partial charge in [0.25, 0.3) is 0 Å². The minimum Gasteiger partial charge on any atom is -0.399 e. The zero-order chi connectivity index (χ0) is 20.8. The van der Waals surface area contributed by atoms with Crippen LogP contribution in [0.15, 0.2) is 42.5 Å². The predicted octanol–water partition coefficient (Wildman–Crippen LogP) is 6.85. The smallest absolute Gasteiger partial charge is 0.399 e. The Kier molecular flexibility index (Phi) is 4.97. The molecule has 0 amide bonds. The van der Waals surface area contributed by atoms with Crippen molar-refractivity contribution in [3.8, 4) is 5.75 Å². The van der Waals surface area contributed by atoms with Crippen LogP contribution in [0.4, 0.5) is 22.0 Å². The Balaban J connectivity index is 1.64. The van der Waals surface area contributed by atoms with Crippen LogP contribution < -0.4 is 4.74 Å². The molecule has 1 atom stereocenters. The van der Waals surface area contributed by atoms with Crippen molar-refractivity contribution in [1.82, 2.24) is 0 Å². The lowest BCUT2D eigenvalue weighted by Crippen LogP contribution is -2.21. The summed E-state index contributed by atoms with van der Waals surface area (Å²) in [6.07, 6.45) is -3.02. The molecule has 0 bridgehead atoms. The lowest BCUT2D eigenvalue weighted by molar-refractivity contribution is -0.276. The van der Waals surface area contributed by atoms with Gasteiger partial charge in [-0.3, -0.25) is 0 Å². The van der Waals surface area contributed by atoms with Crippen molar-refractivity contribution in [3.63, 3.8) is 0 Å². The largest absolute Gasteiger partial charge is 0.573 e. The molecule has 1 nitrogen and oxygen atoms in total. The topological polar surface area (TPSA) is 9.23 Å². The highest BCUT2D eigenvalue weighted by atomic mass is 19.4. The molecule has 4 rings (SSSR count). The van der Waals surface area contributed by atoms with Gasteiger partial charge in [-0.2, -0.15) is 0 Å². The Labute approximate surface area is 165 Å². The molecule has 0 spiro atoms. The van der Waals surface area contributed by atoms with Crippen LogP contribution in [-0.4, -0.2) is 6.36 Å². The lowest BCUT2D eigenvalue weighted by Gasteiger charge is -2.26. The van der Waals surface area contributed by atoms with E-state index in [9.17, 15) is 22.0 Å². The molecular formula is C23H19F5O. The van der Waals surface area contributed by atoms with E-state index in [1.54, 1.807) is 0 Å². The quantitative estimate of drug-likeness (QED) is 0.432. The average Bonchev–Trinajstić information content (AvgIpc) is 2.69. The molecule has 1 aliphatic carbocycles. The number of rotatable bonds is 3. The minimum absolute atomic E-state index is 0.0472. The van der Waals surface area contributed by atoms with E-state index in [0.29, 0.717) is 18.4 Å². The third-order valence-electron chi connectivity index (χ3n) is 5.61. The molecule has 29 heavy (non-hydrogen) atoms. The molecule has 6 heteroatoms. The molecule has 0 radical (unpaired) electrons. The molecule has 0 aromatic heterocycles. The van der Waals surface area contributed by atoms with Gasteiger partial charge in [-0.05, 0) is 70.7 Å².